The van der Waals surface area contributed by atoms with E-state index in [1.54, 1.807) is 17.3 Å². The van der Waals surface area contributed by atoms with Crippen molar-refractivity contribution in [1.82, 2.24) is 9.88 Å². The van der Waals surface area contributed by atoms with Gasteiger partial charge >= 0.3 is 0 Å². The van der Waals surface area contributed by atoms with Crippen LogP contribution in [0.1, 0.15) is 11.1 Å². The van der Waals surface area contributed by atoms with Crippen molar-refractivity contribution < 1.29 is 4.79 Å². The second-order valence-corrected chi connectivity index (χ2v) is 4.27. The quantitative estimate of drug-likeness (QED) is 0.821. The van der Waals surface area contributed by atoms with Gasteiger partial charge in [0.05, 0.1) is 6.42 Å². The van der Waals surface area contributed by atoms with Crippen LogP contribution in [0.25, 0.3) is 0 Å². The van der Waals surface area contributed by atoms with E-state index in [1.807, 2.05) is 49.5 Å². The Morgan fingerprint density at radius 3 is 2.39 bits per heavy atom. The molecule has 0 atom stereocenters. The van der Waals surface area contributed by atoms with Crippen LogP contribution >= 0.6 is 0 Å². The Kier molecular flexibility index (Phi) is 4.07. The lowest BCUT2D eigenvalue weighted by molar-refractivity contribution is -0.129. The summed E-state index contributed by atoms with van der Waals surface area (Å²) in [6, 6.07) is 13.6. The smallest absolute Gasteiger partial charge is 0.227 e. The molecule has 2 aromatic rings. The van der Waals surface area contributed by atoms with Crippen molar-refractivity contribution in [2.75, 3.05) is 7.05 Å². The van der Waals surface area contributed by atoms with Crippen LogP contribution in [-0.2, 0) is 17.8 Å². The normalized spacial score (nSPS) is 10.1. The van der Waals surface area contributed by atoms with Crippen LogP contribution in [0.2, 0.25) is 0 Å². The number of amides is 1. The molecule has 0 aliphatic rings. The standard InChI is InChI=1S/C15H16N2O/c1-17(12-14-7-9-16-10-8-14)15(18)11-13-5-3-2-4-6-13/h2-10H,11-12H2,1H3. The fraction of sp³-hybridized carbons (Fsp3) is 0.200. The first-order valence-corrected chi connectivity index (χ1v) is 5.92. The topological polar surface area (TPSA) is 33.2 Å². The maximum absolute atomic E-state index is 12.0. The summed E-state index contributed by atoms with van der Waals surface area (Å²) >= 11 is 0. The predicted molar refractivity (Wildman–Crippen MR) is 70.9 cm³/mol. The van der Waals surface area contributed by atoms with Crippen molar-refractivity contribution in [3.63, 3.8) is 0 Å². The fourth-order valence-electron chi connectivity index (χ4n) is 1.76. The number of hydrogen-bond acceptors (Lipinski definition) is 2. The maximum atomic E-state index is 12.0. The van der Waals surface area contributed by atoms with Crippen molar-refractivity contribution in [2.24, 2.45) is 0 Å². The van der Waals surface area contributed by atoms with Gasteiger partial charge in [0.25, 0.3) is 0 Å². The minimum absolute atomic E-state index is 0.123. The Hall–Kier alpha value is -2.16. The van der Waals surface area contributed by atoms with E-state index in [-0.39, 0.29) is 5.91 Å². The second kappa shape index (κ2) is 5.96. The van der Waals surface area contributed by atoms with Crippen LogP contribution in [0.4, 0.5) is 0 Å². The summed E-state index contributed by atoms with van der Waals surface area (Å²) in [5.74, 6) is 0.123. The van der Waals surface area contributed by atoms with Gasteiger partial charge in [-0.2, -0.15) is 0 Å². The average Bonchev–Trinajstić information content (AvgIpc) is 2.41. The third-order valence-corrected chi connectivity index (χ3v) is 2.79. The van der Waals surface area contributed by atoms with Crippen LogP contribution in [0.5, 0.6) is 0 Å². The van der Waals surface area contributed by atoms with Gasteiger partial charge in [-0.15, -0.1) is 0 Å². The van der Waals surface area contributed by atoms with Crippen LogP contribution in [0.3, 0.4) is 0 Å². The Bertz CT molecular complexity index is 496. The summed E-state index contributed by atoms with van der Waals surface area (Å²) in [5.41, 5.74) is 2.14. The van der Waals surface area contributed by atoms with Crippen molar-refractivity contribution in [3.8, 4) is 0 Å². The average molecular weight is 240 g/mol. The molecular formula is C15H16N2O. The van der Waals surface area contributed by atoms with Gasteiger partial charge in [0.1, 0.15) is 0 Å². The molecule has 0 saturated heterocycles. The molecule has 2 rings (SSSR count). The van der Waals surface area contributed by atoms with E-state index in [0.29, 0.717) is 13.0 Å². The lowest BCUT2D eigenvalue weighted by Gasteiger charge is -2.17. The molecule has 0 aliphatic carbocycles. The molecule has 0 bridgehead atoms. The van der Waals surface area contributed by atoms with Crippen LogP contribution < -0.4 is 0 Å². The van der Waals surface area contributed by atoms with E-state index >= 15 is 0 Å². The molecule has 0 spiro atoms. The number of benzene rings is 1. The van der Waals surface area contributed by atoms with Gasteiger partial charge in [-0.3, -0.25) is 9.78 Å². The Morgan fingerprint density at radius 2 is 1.72 bits per heavy atom. The second-order valence-electron chi connectivity index (χ2n) is 4.27. The van der Waals surface area contributed by atoms with Crippen molar-refractivity contribution in [3.05, 3.63) is 66.0 Å². The third kappa shape index (κ3) is 3.42. The SMILES string of the molecule is CN(Cc1ccncc1)C(=O)Cc1ccccc1. The molecule has 3 nitrogen and oxygen atoms in total. The van der Waals surface area contributed by atoms with Gasteiger partial charge in [-0.1, -0.05) is 30.3 Å². The number of hydrogen-bond donors (Lipinski definition) is 0. The highest BCUT2D eigenvalue weighted by Gasteiger charge is 2.09. The van der Waals surface area contributed by atoms with Gasteiger partial charge in [0.2, 0.25) is 5.91 Å². The molecule has 1 amide bonds. The highest BCUT2D eigenvalue weighted by Crippen LogP contribution is 2.05. The van der Waals surface area contributed by atoms with Gasteiger partial charge in [-0.25, -0.2) is 0 Å². The summed E-state index contributed by atoms with van der Waals surface area (Å²) in [4.78, 5) is 17.7. The number of likely N-dealkylation sites (N-methyl/N-ethyl adjacent to an activating group) is 1. The molecule has 1 aromatic carbocycles. The molecule has 0 N–H and O–H groups in total. The molecule has 1 heterocycles. The summed E-state index contributed by atoms with van der Waals surface area (Å²) < 4.78 is 0. The number of pyridine rings is 1. The van der Waals surface area contributed by atoms with Gasteiger partial charge < -0.3 is 4.90 Å². The molecule has 0 radical (unpaired) electrons. The Morgan fingerprint density at radius 1 is 1.06 bits per heavy atom. The van der Waals surface area contributed by atoms with E-state index in [2.05, 4.69) is 4.98 Å². The lowest BCUT2D eigenvalue weighted by atomic mass is 10.1. The highest BCUT2D eigenvalue weighted by atomic mass is 16.2. The third-order valence-electron chi connectivity index (χ3n) is 2.79. The first kappa shape index (κ1) is 12.3. The van der Waals surface area contributed by atoms with E-state index in [9.17, 15) is 4.79 Å². The zero-order chi connectivity index (χ0) is 12.8. The number of rotatable bonds is 4. The monoisotopic (exact) mass is 240 g/mol. The number of aromatic nitrogens is 1. The summed E-state index contributed by atoms with van der Waals surface area (Å²) in [6.45, 7) is 0.619. The highest BCUT2D eigenvalue weighted by molar-refractivity contribution is 5.78. The van der Waals surface area contributed by atoms with Gasteiger partial charge in [-0.05, 0) is 23.3 Å². The summed E-state index contributed by atoms with van der Waals surface area (Å²) in [5, 5.41) is 0. The molecule has 0 unspecified atom stereocenters. The molecule has 0 saturated carbocycles. The predicted octanol–water partition coefficient (Wildman–Crippen LogP) is 2.28. The molecule has 3 heteroatoms. The van der Waals surface area contributed by atoms with Crippen LogP contribution in [0.15, 0.2) is 54.9 Å². The molecule has 0 fully saturated rings. The van der Waals surface area contributed by atoms with Gasteiger partial charge in [0, 0.05) is 26.0 Å². The van der Waals surface area contributed by atoms with Crippen molar-refractivity contribution in [2.45, 2.75) is 13.0 Å². The molecule has 92 valence electrons. The number of carbonyl (C=O) groups is 1. The van der Waals surface area contributed by atoms with E-state index in [0.717, 1.165) is 11.1 Å². The van der Waals surface area contributed by atoms with Crippen molar-refractivity contribution >= 4 is 5.91 Å². The summed E-state index contributed by atoms with van der Waals surface area (Å²) in [7, 11) is 1.83. The van der Waals surface area contributed by atoms with E-state index < -0.39 is 0 Å². The Labute approximate surface area is 107 Å². The van der Waals surface area contributed by atoms with E-state index in [4.69, 9.17) is 0 Å². The van der Waals surface area contributed by atoms with Crippen molar-refractivity contribution in [1.29, 1.82) is 0 Å². The van der Waals surface area contributed by atoms with Gasteiger partial charge in [0.15, 0.2) is 0 Å². The van der Waals surface area contributed by atoms with Crippen LogP contribution in [0, 0.1) is 0 Å². The lowest BCUT2D eigenvalue weighted by Crippen LogP contribution is -2.27. The number of nitrogens with zero attached hydrogens (tertiary/aromatic N) is 2. The number of carbonyl (C=O) groups excluding carboxylic acids is 1. The fourth-order valence-corrected chi connectivity index (χ4v) is 1.76. The maximum Gasteiger partial charge on any atom is 0.227 e. The minimum Gasteiger partial charge on any atom is -0.341 e. The first-order valence-electron chi connectivity index (χ1n) is 5.92. The Balaban J connectivity index is 1.93. The molecule has 18 heavy (non-hydrogen) atoms. The molecule has 1 aromatic heterocycles. The molecular weight excluding hydrogens is 224 g/mol. The van der Waals surface area contributed by atoms with E-state index in [1.165, 1.54) is 0 Å². The minimum atomic E-state index is 0.123. The first-order chi connectivity index (χ1) is 8.75. The van der Waals surface area contributed by atoms with Crippen LogP contribution in [-0.4, -0.2) is 22.8 Å². The zero-order valence-corrected chi connectivity index (χ0v) is 10.4. The molecule has 0 aliphatic heterocycles. The zero-order valence-electron chi connectivity index (χ0n) is 10.4. The largest absolute Gasteiger partial charge is 0.341 e. The summed E-state index contributed by atoms with van der Waals surface area (Å²) in [6.07, 6.45) is 3.93.